The van der Waals surface area contributed by atoms with Crippen molar-refractivity contribution in [3.8, 4) is 0 Å². The number of carbonyl (C=O) groups excluding carboxylic acids is 2. The van der Waals surface area contributed by atoms with Crippen LogP contribution in [0.25, 0.3) is 0 Å². The van der Waals surface area contributed by atoms with Gasteiger partial charge in [0.1, 0.15) is 24.4 Å². The summed E-state index contributed by atoms with van der Waals surface area (Å²) in [6.07, 6.45) is 20.8. The van der Waals surface area contributed by atoms with Gasteiger partial charge in [-0.25, -0.2) is 13.2 Å². The SMILES string of the molecule is CCCCCCCCCCCCC/C=C/[C@@H](OC(=O)c1ccccc1)[C@H](CO[C@@H]1O[C@H](COS(=O)(=O)O)[C@H](O)[C@H](O)[C@H]1OS(=O)(=O)O)NC(=O)CCCCCCCCCCCCCCC. The molecule has 1 aliphatic rings. The van der Waals surface area contributed by atoms with E-state index in [1.54, 1.807) is 36.4 Å². The van der Waals surface area contributed by atoms with Gasteiger partial charge in [0.15, 0.2) is 12.4 Å². The molecular weight excluding hydrogens is 883 g/mol. The summed E-state index contributed by atoms with van der Waals surface area (Å²) in [5.41, 5.74) is 0.241. The maximum Gasteiger partial charge on any atom is 0.397 e. The summed E-state index contributed by atoms with van der Waals surface area (Å²) in [7, 11) is -10.3. The van der Waals surface area contributed by atoms with E-state index in [4.69, 9.17) is 18.8 Å². The van der Waals surface area contributed by atoms with Crippen molar-refractivity contribution in [2.75, 3.05) is 13.2 Å². The molecule has 0 spiro atoms. The van der Waals surface area contributed by atoms with Crippen LogP contribution in [0.4, 0.5) is 0 Å². The first-order valence-corrected chi connectivity index (χ1v) is 27.0. The highest BCUT2D eigenvalue weighted by Gasteiger charge is 2.48. The first-order chi connectivity index (χ1) is 31.1. The number of amides is 1. The number of hydrogen-bond donors (Lipinski definition) is 5. The van der Waals surface area contributed by atoms with Crippen LogP contribution in [-0.2, 0) is 48.2 Å². The highest BCUT2D eigenvalue weighted by Crippen LogP contribution is 2.27. The molecule has 0 unspecified atom stereocenters. The highest BCUT2D eigenvalue weighted by atomic mass is 32.3. The number of unbranched alkanes of at least 4 members (excludes halogenated alkanes) is 23. The molecule has 65 heavy (non-hydrogen) atoms. The zero-order valence-electron chi connectivity index (χ0n) is 39.0. The van der Waals surface area contributed by atoms with Gasteiger partial charge in [0.2, 0.25) is 5.91 Å². The van der Waals surface area contributed by atoms with Crippen molar-refractivity contribution in [2.45, 2.75) is 224 Å². The first kappa shape index (κ1) is 58.6. The number of ether oxygens (including phenoxy) is 3. The van der Waals surface area contributed by atoms with Gasteiger partial charge in [0.25, 0.3) is 0 Å². The summed E-state index contributed by atoms with van der Waals surface area (Å²) in [5.74, 6) is -1.08. The van der Waals surface area contributed by atoms with Gasteiger partial charge in [-0.1, -0.05) is 179 Å². The summed E-state index contributed by atoms with van der Waals surface area (Å²) in [6, 6.07) is 7.08. The minimum absolute atomic E-state index is 0.143. The molecule has 1 aliphatic heterocycles. The van der Waals surface area contributed by atoms with Gasteiger partial charge in [0.05, 0.1) is 24.8 Å². The standard InChI is InChI=1S/C47H81NO15S2/c1-3-5-7-9-11-13-15-17-19-21-23-25-30-34-40(61-46(52)38-32-28-27-29-33-38)39(48-42(49)35-31-26-24-22-20-18-16-14-12-10-8-6-4-2)36-59-47-45(63-65(56,57)58)44(51)43(50)41(62-47)37-60-64(53,54)55/h27-30,32-34,39-41,43-45,47,50-51H,3-26,31,35-37H2,1-2H3,(H,48,49)(H,53,54,55)(H,56,57,58)/b34-30+/t39-,40+,41+,43-,44-,45+,47+/m0/s1. The molecule has 1 aromatic carbocycles. The van der Waals surface area contributed by atoms with Crippen molar-refractivity contribution in [3.05, 3.63) is 48.0 Å². The Bertz CT molecular complexity index is 1650. The zero-order chi connectivity index (χ0) is 47.8. The maximum absolute atomic E-state index is 13.6. The average molecular weight is 964 g/mol. The fourth-order valence-electron chi connectivity index (χ4n) is 7.75. The van der Waals surface area contributed by atoms with E-state index < -0.39 is 82.8 Å². The Labute approximate surface area is 389 Å². The lowest BCUT2D eigenvalue weighted by atomic mass is 9.99. The summed E-state index contributed by atoms with van der Waals surface area (Å²) in [6.45, 7) is 2.83. The van der Waals surface area contributed by atoms with Crippen LogP contribution in [0.1, 0.15) is 191 Å². The number of carbonyl (C=O) groups is 2. The van der Waals surface area contributed by atoms with E-state index in [1.807, 2.05) is 6.08 Å². The number of aliphatic hydroxyl groups excluding tert-OH is 2. The summed E-state index contributed by atoms with van der Waals surface area (Å²) in [5, 5.41) is 24.3. The summed E-state index contributed by atoms with van der Waals surface area (Å²) >= 11 is 0. The lowest BCUT2D eigenvalue weighted by Gasteiger charge is -2.41. The van der Waals surface area contributed by atoms with Crippen LogP contribution in [-0.4, -0.2) is 104 Å². The van der Waals surface area contributed by atoms with Crippen molar-refractivity contribution in [1.82, 2.24) is 5.32 Å². The van der Waals surface area contributed by atoms with Gasteiger partial charge in [-0.3, -0.25) is 13.9 Å². The van der Waals surface area contributed by atoms with Crippen LogP contribution in [0.3, 0.4) is 0 Å². The van der Waals surface area contributed by atoms with Crippen LogP contribution < -0.4 is 5.32 Å². The molecule has 1 saturated heterocycles. The van der Waals surface area contributed by atoms with Gasteiger partial charge < -0.3 is 29.7 Å². The van der Waals surface area contributed by atoms with Crippen molar-refractivity contribution < 1.29 is 68.3 Å². The molecule has 1 heterocycles. The molecule has 2 rings (SSSR count). The number of rotatable bonds is 39. The van der Waals surface area contributed by atoms with Gasteiger partial charge >= 0.3 is 26.8 Å². The highest BCUT2D eigenvalue weighted by molar-refractivity contribution is 7.81. The van der Waals surface area contributed by atoms with Crippen molar-refractivity contribution >= 4 is 32.7 Å². The maximum atomic E-state index is 13.6. The third kappa shape index (κ3) is 28.4. The molecule has 0 bridgehead atoms. The van der Waals surface area contributed by atoms with Crippen LogP contribution in [0.15, 0.2) is 42.5 Å². The first-order valence-electron chi connectivity index (χ1n) is 24.3. The summed E-state index contributed by atoms with van der Waals surface area (Å²) in [4.78, 5) is 27.0. The van der Waals surface area contributed by atoms with Crippen molar-refractivity contribution in [1.29, 1.82) is 0 Å². The molecule has 1 aromatic rings. The van der Waals surface area contributed by atoms with Gasteiger partial charge in [-0.2, -0.15) is 16.8 Å². The third-order valence-corrected chi connectivity index (χ3v) is 12.4. The smallest absolute Gasteiger partial charge is 0.397 e. The predicted molar refractivity (Wildman–Crippen MR) is 249 cm³/mol. The molecule has 0 saturated carbocycles. The average Bonchev–Trinajstić information content (AvgIpc) is 3.26. The number of aliphatic hydroxyl groups is 2. The Morgan fingerprint density at radius 2 is 1.18 bits per heavy atom. The minimum Gasteiger partial charge on any atom is -0.452 e. The zero-order valence-corrected chi connectivity index (χ0v) is 40.6. The molecule has 0 aromatic heterocycles. The van der Waals surface area contributed by atoms with E-state index in [-0.39, 0.29) is 17.9 Å². The number of nitrogens with one attached hydrogen (secondary N) is 1. The molecule has 1 amide bonds. The Hall–Kier alpha value is -2.52. The van der Waals surface area contributed by atoms with E-state index in [9.17, 15) is 41.2 Å². The monoisotopic (exact) mass is 964 g/mol. The quantitative estimate of drug-likeness (QED) is 0.0179. The minimum atomic E-state index is -5.29. The fourth-order valence-corrected chi connectivity index (χ4v) is 8.54. The Balaban J connectivity index is 2.21. The van der Waals surface area contributed by atoms with Crippen LogP contribution in [0.5, 0.6) is 0 Å². The predicted octanol–water partition coefficient (Wildman–Crippen LogP) is 8.91. The van der Waals surface area contributed by atoms with Gasteiger partial charge in [-0.15, -0.1) is 0 Å². The van der Waals surface area contributed by atoms with Crippen LogP contribution in [0, 0.1) is 0 Å². The third-order valence-electron chi connectivity index (χ3n) is 11.5. The molecular formula is C47H81NO15S2. The van der Waals surface area contributed by atoms with E-state index in [2.05, 4.69) is 27.5 Å². The lowest BCUT2D eigenvalue weighted by molar-refractivity contribution is -0.296. The second-order valence-corrected chi connectivity index (χ2v) is 19.4. The second-order valence-electron chi connectivity index (χ2n) is 17.2. The van der Waals surface area contributed by atoms with Crippen molar-refractivity contribution in [2.24, 2.45) is 0 Å². The molecule has 5 N–H and O–H groups in total. The summed E-state index contributed by atoms with van der Waals surface area (Å²) < 4.78 is 91.3. The molecule has 1 fully saturated rings. The Morgan fingerprint density at radius 3 is 1.68 bits per heavy atom. The number of hydrogen-bond acceptors (Lipinski definition) is 13. The molecule has 18 heteroatoms. The van der Waals surface area contributed by atoms with E-state index in [0.29, 0.717) is 12.8 Å². The molecule has 16 nitrogen and oxygen atoms in total. The Morgan fingerprint density at radius 1 is 0.692 bits per heavy atom. The van der Waals surface area contributed by atoms with Crippen LogP contribution in [0.2, 0.25) is 0 Å². The van der Waals surface area contributed by atoms with E-state index in [0.717, 1.165) is 51.4 Å². The molecule has 376 valence electrons. The number of esters is 1. The Kier molecular flexibility index (Phi) is 31.3. The molecule has 0 aliphatic carbocycles. The topological polar surface area (TPSA) is 242 Å². The molecule has 7 atom stereocenters. The van der Waals surface area contributed by atoms with E-state index in [1.165, 1.54) is 96.3 Å². The fraction of sp³-hybridized carbons (Fsp3) is 0.787. The number of allylic oxidation sites excluding steroid dienone is 1. The van der Waals surface area contributed by atoms with Gasteiger partial charge in [-0.05, 0) is 37.5 Å². The normalized spacial score (nSPS) is 20.2. The molecule has 0 radical (unpaired) electrons. The second kappa shape index (κ2) is 34.7. The van der Waals surface area contributed by atoms with E-state index >= 15 is 0 Å². The number of benzene rings is 1. The van der Waals surface area contributed by atoms with Crippen LogP contribution >= 0.6 is 0 Å². The van der Waals surface area contributed by atoms with Crippen molar-refractivity contribution in [3.63, 3.8) is 0 Å². The lowest BCUT2D eigenvalue weighted by Crippen LogP contribution is -2.61. The van der Waals surface area contributed by atoms with Gasteiger partial charge in [0, 0.05) is 6.42 Å². The largest absolute Gasteiger partial charge is 0.452 e.